The molecule has 0 unspecified atom stereocenters. The van der Waals surface area contributed by atoms with Crippen molar-refractivity contribution in [3.8, 4) is 0 Å². The molecule has 0 aliphatic heterocycles. The summed E-state index contributed by atoms with van der Waals surface area (Å²) >= 11 is 0. The van der Waals surface area contributed by atoms with E-state index < -0.39 is 12.3 Å². The first-order valence-corrected chi connectivity index (χ1v) is 4.57. The number of halogens is 2. The van der Waals surface area contributed by atoms with Gasteiger partial charge in [-0.3, -0.25) is 9.48 Å². The smallest absolute Gasteiger partial charge is 0.271 e. The Morgan fingerprint density at radius 2 is 2.33 bits per heavy atom. The molecule has 1 rings (SSSR count). The Kier molecular flexibility index (Phi) is 3.76. The van der Waals surface area contributed by atoms with E-state index >= 15 is 0 Å². The Morgan fingerprint density at radius 1 is 1.67 bits per heavy atom. The number of carbonyl (C=O) groups excluding carboxylic acids is 1. The van der Waals surface area contributed by atoms with Crippen LogP contribution in [0.3, 0.4) is 0 Å². The van der Waals surface area contributed by atoms with E-state index in [9.17, 15) is 13.6 Å². The van der Waals surface area contributed by atoms with E-state index in [1.165, 1.54) is 0 Å². The largest absolute Gasteiger partial charge is 0.350 e. The molecule has 0 spiro atoms. The van der Waals surface area contributed by atoms with E-state index in [-0.39, 0.29) is 18.7 Å². The van der Waals surface area contributed by atoms with Crippen LogP contribution in [-0.2, 0) is 7.05 Å². The van der Waals surface area contributed by atoms with E-state index in [2.05, 4.69) is 10.4 Å². The van der Waals surface area contributed by atoms with Crippen molar-refractivity contribution in [3.05, 3.63) is 17.5 Å². The number of hydrogen-bond donors (Lipinski definition) is 1. The van der Waals surface area contributed by atoms with Crippen LogP contribution in [0.4, 0.5) is 8.78 Å². The number of nitrogens with zero attached hydrogens (tertiary/aromatic N) is 2. The lowest BCUT2D eigenvalue weighted by molar-refractivity contribution is 0.0928. The third-order valence-electron chi connectivity index (χ3n) is 1.99. The molecular weight excluding hydrogens is 204 g/mol. The van der Waals surface area contributed by atoms with Crippen molar-refractivity contribution in [1.82, 2.24) is 15.1 Å². The molecule has 1 N–H and O–H groups in total. The molecular formula is C9H13F2N3O. The molecule has 0 saturated heterocycles. The lowest BCUT2D eigenvalue weighted by Gasteiger charge is -2.01. The van der Waals surface area contributed by atoms with E-state index in [0.29, 0.717) is 0 Å². The number of hydrogen-bond acceptors (Lipinski definition) is 2. The van der Waals surface area contributed by atoms with Crippen molar-refractivity contribution in [2.75, 3.05) is 6.54 Å². The SMILES string of the molecule is Cc1cc(C(=O)NCCC(F)F)nn1C. The van der Waals surface area contributed by atoms with Crippen molar-refractivity contribution in [2.24, 2.45) is 7.05 Å². The first-order valence-electron chi connectivity index (χ1n) is 4.57. The number of aryl methyl sites for hydroxylation is 2. The second kappa shape index (κ2) is 4.86. The van der Waals surface area contributed by atoms with Crippen LogP contribution in [0.2, 0.25) is 0 Å². The molecule has 0 bridgehead atoms. The molecule has 0 aromatic carbocycles. The second-order valence-electron chi connectivity index (χ2n) is 3.23. The van der Waals surface area contributed by atoms with Crippen LogP contribution in [0.5, 0.6) is 0 Å². The number of aromatic nitrogens is 2. The average Bonchev–Trinajstić information content (AvgIpc) is 2.46. The van der Waals surface area contributed by atoms with Crippen LogP contribution in [0.15, 0.2) is 6.07 Å². The van der Waals surface area contributed by atoms with Gasteiger partial charge in [0.2, 0.25) is 6.43 Å². The quantitative estimate of drug-likeness (QED) is 0.821. The molecule has 0 atom stereocenters. The van der Waals surface area contributed by atoms with Gasteiger partial charge in [0.1, 0.15) is 5.69 Å². The summed E-state index contributed by atoms with van der Waals surface area (Å²) in [6.45, 7) is 1.77. The van der Waals surface area contributed by atoms with E-state index in [1.807, 2.05) is 6.92 Å². The van der Waals surface area contributed by atoms with Gasteiger partial charge in [0, 0.05) is 25.7 Å². The zero-order valence-corrected chi connectivity index (χ0v) is 8.63. The third-order valence-corrected chi connectivity index (χ3v) is 1.99. The topological polar surface area (TPSA) is 46.9 Å². The van der Waals surface area contributed by atoms with Crippen LogP contribution in [0, 0.1) is 6.92 Å². The summed E-state index contributed by atoms with van der Waals surface area (Å²) < 4.78 is 25.1. The lowest BCUT2D eigenvalue weighted by Crippen LogP contribution is -2.26. The molecule has 15 heavy (non-hydrogen) atoms. The lowest BCUT2D eigenvalue weighted by atomic mass is 10.3. The molecule has 0 fully saturated rings. The van der Waals surface area contributed by atoms with Crippen molar-refractivity contribution in [2.45, 2.75) is 19.8 Å². The summed E-state index contributed by atoms with van der Waals surface area (Å²) in [5.41, 5.74) is 1.10. The molecule has 1 amide bonds. The number of carbonyl (C=O) groups is 1. The summed E-state index contributed by atoms with van der Waals surface area (Å²) in [4.78, 5) is 11.4. The molecule has 6 heteroatoms. The van der Waals surface area contributed by atoms with Gasteiger partial charge in [0.25, 0.3) is 5.91 Å². The summed E-state index contributed by atoms with van der Waals surface area (Å²) in [6.07, 6.45) is -2.73. The summed E-state index contributed by atoms with van der Waals surface area (Å²) in [5, 5.41) is 6.30. The Labute approximate surface area is 86.3 Å². The average molecular weight is 217 g/mol. The molecule has 1 heterocycles. The maximum Gasteiger partial charge on any atom is 0.271 e. The zero-order chi connectivity index (χ0) is 11.4. The molecule has 0 aliphatic carbocycles. The van der Waals surface area contributed by atoms with Gasteiger partial charge in [-0.2, -0.15) is 5.10 Å². The molecule has 1 aromatic rings. The maximum absolute atomic E-state index is 11.8. The van der Waals surface area contributed by atoms with Gasteiger partial charge < -0.3 is 5.32 Å². The fourth-order valence-electron chi connectivity index (χ4n) is 1.06. The van der Waals surface area contributed by atoms with Crippen molar-refractivity contribution in [3.63, 3.8) is 0 Å². The van der Waals surface area contributed by atoms with Crippen LogP contribution in [0.25, 0.3) is 0 Å². The summed E-state index contributed by atoms with van der Waals surface area (Å²) in [6, 6.07) is 1.61. The first kappa shape index (κ1) is 11.6. The normalized spacial score (nSPS) is 10.7. The molecule has 0 saturated carbocycles. The Morgan fingerprint density at radius 3 is 2.80 bits per heavy atom. The van der Waals surface area contributed by atoms with Crippen molar-refractivity contribution < 1.29 is 13.6 Å². The van der Waals surface area contributed by atoms with Crippen LogP contribution in [0.1, 0.15) is 22.6 Å². The van der Waals surface area contributed by atoms with Gasteiger partial charge in [-0.25, -0.2) is 8.78 Å². The van der Waals surface area contributed by atoms with Gasteiger partial charge in [0.05, 0.1) is 0 Å². The highest BCUT2D eigenvalue weighted by Gasteiger charge is 2.11. The predicted molar refractivity (Wildman–Crippen MR) is 50.9 cm³/mol. The molecule has 0 aliphatic rings. The van der Waals surface area contributed by atoms with Gasteiger partial charge in [-0.05, 0) is 13.0 Å². The molecule has 0 radical (unpaired) electrons. The van der Waals surface area contributed by atoms with E-state index in [4.69, 9.17) is 0 Å². The Hall–Kier alpha value is -1.46. The Bertz CT molecular complexity index is 330. The standard InChI is InChI=1S/C9H13F2N3O/c1-6-5-7(13-14(6)2)9(15)12-4-3-8(10)11/h5,8H,3-4H2,1-2H3,(H,12,15). The summed E-state index contributed by atoms with van der Waals surface area (Å²) in [5.74, 6) is -0.417. The number of rotatable bonds is 4. The third kappa shape index (κ3) is 3.30. The van der Waals surface area contributed by atoms with Crippen molar-refractivity contribution in [1.29, 1.82) is 0 Å². The van der Waals surface area contributed by atoms with Gasteiger partial charge in [-0.15, -0.1) is 0 Å². The van der Waals surface area contributed by atoms with Gasteiger partial charge in [-0.1, -0.05) is 0 Å². The van der Waals surface area contributed by atoms with Crippen LogP contribution >= 0.6 is 0 Å². The highest BCUT2D eigenvalue weighted by atomic mass is 19.3. The second-order valence-corrected chi connectivity index (χ2v) is 3.23. The van der Waals surface area contributed by atoms with Crippen LogP contribution in [-0.4, -0.2) is 28.7 Å². The zero-order valence-electron chi connectivity index (χ0n) is 8.63. The Balaban J connectivity index is 2.47. The number of amides is 1. The fourth-order valence-corrected chi connectivity index (χ4v) is 1.06. The van der Waals surface area contributed by atoms with Gasteiger partial charge >= 0.3 is 0 Å². The number of nitrogens with one attached hydrogen (secondary N) is 1. The minimum absolute atomic E-state index is 0.0356. The van der Waals surface area contributed by atoms with Crippen molar-refractivity contribution >= 4 is 5.91 Å². The highest BCUT2D eigenvalue weighted by Crippen LogP contribution is 2.01. The molecule has 4 nitrogen and oxygen atoms in total. The monoisotopic (exact) mass is 217 g/mol. The van der Waals surface area contributed by atoms with Crippen LogP contribution < -0.4 is 5.32 Å². The van der Waals surface area contributed by atoms with E-state index in [1.54, 1.807) is 17.8 Å². The minimum atomic E-state index is -2.39. The first-order chi connectivity index (χ1) is 7.00. The fraction of sp³-hybridized carbons (Fsp3) is 0.556. The van der Waals surface area contributed by atoms with E-state index in [0.717, 1.165) is 5.69 Å². The summed E-state index contributed by atoms with van der Waals surface area (Å²) in [7, 11) is 1.71. The highest BCUT2D eigenvalue weighted by molar-refractivity contribution is 5.92. The minimum Gasteiger partial charge on any atom is -0.350 e. The van der Waals surface area contributed by atoms with Gasteiger partial charge in [0.15, 0.2) is 0 Å². The molecule has 1 aromatic heterocycles. The predicted octanol–water partition coefficient (Wildman–Crippen LogP) is 1.11. The molecule has 84 valence electrons. The number of alkyl halides is 2. The maximum atomic E-state index is 11.8.